The van der Waals surface area contributed by atoms with Crippen LogP contribution in [-0.4, -0.2) is 17.0 Å². The third kappa shape index (κ3) is 1.92. The maximum Gasteiger partial charge on any atom is 0.129 e. The lowest BCUT2D eigenvalue weighted by Gasteiger charge is -2.62. The highest BCUT2D eigenvalue weighted by Crippen LogP contribution is 2.74. The topological polar surface area (TPSA) is 37.3 Å². The molecule has 2 heteroatoms. The summed E-state index contributed by atoms with van der Waals surface area (Å²) in [5.74, 6) is 1.74. The molecule has 6 atom stereocenters. The minimum atomic E-state index is -0.701. The number of carbonyl (C=O) groups is 1. The molecule has 0 saturated heterocycles. The van der Waals surface area contributed by atoms with Crippen molar-refractivity contribution in [1.82, 2.24) is 0 Å². The number of fused-ring (bicyclic) bond motifs is 4. The van der Waals surface area contributed by atoms with Crippen molar-refractivity contribution in [3.63, 3.8) is 0 Å². The van der Waals surface area contributed by atoms with E-state index in [-0.39, 0.29) is 0 Å². The Morgan fingerprint density at radius 1 is 1.14 bits per heavy atom. The minimum Gasteiger partial charge on any atom is -0.389 e. The Balaban J connectivity index is 1.85. The molecule has 3 unspecified atom stereocenters. The zero-order valence-electron chi connectivity index (χ0n) is 14.4. The smallest absolute Gasteiger partial charge is 0.129 e. The Morgan fingerprint density at radius 3 is 2.50 bits per heavy atom. The van der Waals surface area contributed by atoms with Crippen molar-refractivity contribution >= 4 is 6.29 Å². The van der Waals surface area contributed by atoms with Crippen LogP contribution in [0.5, 0.6) is 0 Å². The van der Waals surface area contributed by atoms with Crippen LogP contribution in [0, 0.1) is 29.1 Å². The lowest BCUT2D eigenvalue weighted by molar-refractivity contribution is -0.233. The predicted octanol–water partition coefficient (Wildman–Crippen LogP) is 4.29. The maximum absolute atomic E-state index is 11.9. The Kier molecular flexibility index (Phi) is 3.87. The average Bonchev–Trinajstić information content (AvgIpc) is 2.93. The number of allylic oxidation sites excluding steroid dienone is 4. The minimum absolute atomic E-state index is 0.331. The van der Waals surface area contributed by atoms with Crippen LogP contribution in [-0.2, 0) is 4.79 Å². The molecule has 2 nitrogen and oxygen atoms in total. The van der Waals surface area contributed by atoms with E-state index in [1.807, 2.05) is 0 Å². The average molecular weight is 302 g/mol. The second-order valence-electron chi connectivity index (χ2n) is 8.26. The van der Waals surface area contributed by atoms with E-state index in [0.717, 1.165) is 38.4 Å². The third-order valence-corrected chi connectivity index (χ3v) is 7.00. The third-order valence-electron chi connectivity index (χ3n) is 7.00. The van der Waals surface area contributed by atoms with E-state index in [1.165, 1.54) is 11.1 Å². The molecular weight excluding hydrogens is 272 g/mol. The van der Waals surface area contributed by atoms with E-state index < -0.39 is 11.0 Å². The summed E-state index contributed by atoms with van der Waals surface area (Å²) in [4.78, 5) is 11.9. The summed E-state index contributed by atoms with van der Waals surface area (Å²) in [6.45, 7) is 8.74. The zero-order valence-corrected chi connectivity index (χ0v) is 14.4. The van der Waals surface area contributed by atoms with Crippen LogP contribution in [0.2, 0.25) is 0 Å². The first-order chi connectivity index (χ1) is 10.4. The number of aldehydes is 1. The van der Waals surface area contributed by atoms with E-state index in [9.17, 15) is 9.90 Å². The van der Waals surface area contributed by atoms with Gasteiger partial charge in [-0.15, -0.1) is 0 Å². The molecule has 3 fully saturated rings. The van der Waals surface area contributed by atoms with Crippen LogP contribution in [0.25, 0.3) is 0 Å². The number of hydrogen-bond acceptors (Lipinski definition) is 2. The quantitative estimate of drug-likeness (QED) is 0.621. The van der Waals surface area contributed by atoms with Crippen molar-refractivity contribution < 1.29 is 9.90 Å². The molecule has 3 aliphatic rings. The lowest BCUT2D eigenvalue weighted by Crippen LogP contribution is -2.69. The fraction of sp³-hybridized carbons (Fsp3) is 0.750. The Bertz CT molecular complexity index is 528. The van der Waals surface area contributed by atoms with Gasteiger partial charge in [0.1, 0.15) is 6.29 Å². The molecule has 0 heterocycles. The fourth-order valence-corrected chi connectivity index (χ4v) is 5.92. The molecule has 0 bridgehead atoms. The van der Waals surface area contributed by atoms with Gasteiger partial charge < -0.3 is 9.90 Å². The Hall–Kier alpha value is -0.890. The summed E-state index contributed by atoms with van der Waals surface area (Å²) < 4.78 is 0. The van der Waals surface area contributed by atoms with E-state index >= 15 is 0 Å². The normalized spacial score (nSPS) is 46.7. The number of carbonyl (C=O) groups excluding carboxylic acids is 1. The van der Waals surface area contributed by atoms with E-state index in [1.54, 1.807) is 0 Å². The number of aliphatic hydroxyl groups is 1. The van der Waals surface area contributed by atoms with Crippen LogP contribution in [0.3, 0.4) is 0 Å². The second kappa shape index (κ2) is 5.33. The van der Waals surface area contributed by atoms with Crippen LogP contribution in [0.4, 0.5) is 0 Å². The van der Waals surface area contributed by atoms with Crippen molar-refractivity contribution in [3.8, 4) is 0 Å². The van der Waals surface area contributed by atoms with Gasteiger partial charge in [0.25, 0.3) is 0 Å². The van der Waals surface area contributed by atoms with Gasteiger partial charge in [-0.1, -0.05) is 30.2 Å². The lowest BCUT2D eigenvalue weighted by atomic mass is 9.44. The fourth-order valence-electron chi connectivity index (χ4n) is 5.92. The van der Waals surface area contributed by atoms with Crippen molar-refractivity contribution in [2.24, 2.45) is 29.1 Å². The van der Waals surface area contributed by atoms with E-state index in [0.29, 0.717) is 23.7 Å². The SMILES string of the molecule is CC(C)=CC/C=C(/C)[C@@H]1CC[C@@]2(C=O)C1C1[C@H](C)CCC12O. The predicted molar refractivity (Wildman–Crippen MR) is 89.4 cm³/mol. The molecule has 22 heavy (non-hydrogen) atoms. The molecule has 122 valence electrons. The Morgan fingerprint density at radius 2 is 1.86 bits per heavy atom. The molecule has 0 amide bonds. The number of hydrogen-bond donors (Lipinski definition) is 1. The highest BCUT2D eigenvalue weighted by atomic mass is 16.3. The zero-order chi connectivity index (χ0) is 16.1. The van der Waals surface area contributed by atoms with Gasteiger partial charge in [-0.05, 0) is 76.5 Å². The van der Waals surface area contributed by atoms with Crippen molar-refractivity contribution in [2.45, 2.75) is 65.4 Å². The first-order valence-electron chi connectivity index (χ1n) is 8.86. The van der Waals surface area contributed by atoms with Crippen molar-refractivity contribution in [3.05, 3.63) is 23.3 Å². The van der Waals surface area contributed by atoms with Crippen LogP contribution < -0.4 is 0 Å². The van der Waals surface area contributed by atoms with Gasteiger partial charge in [0.2, 0.25) is 0 Å². The summed E-state index contributed by atoms with van der Waals surface area (Å²) in [7, 11) is 0. The first-order valence-corrected chi connectivity index (χ1v) is 8.86. The largest absolute Gasteiger partial charge is 0.389 e. The number of rotatable bonds is 4. The summed E-state index contributed by atoms with van der Waals surface area (Å²) in [6.07, 6.45) is 10.5. The van der Waals surface area contributed by atoms with Crippen LogP contribution in [0.15, 0.2) is 23.3 Å². The molecule has 3 aliphatic carbocycles. The molecule has 1 N–H and O–H groups in total. The van der Waals surface area contributed by atoms with Crippen molar-refractivity contribution in [2.75, 3.05) is 0 Å². The van der Waals surface area contributed by atoms with Gasteiger partial charge in [-0.25, -0.2) is 0 Å². The summed E-state index contributed by atoms with van der Waals surface area (Å²) in [5.41, 5.74) is 1.62. The molecule has 0 aromatic rings. The van der Waals surface area contributed by atoms with Crippen LogP contribution >= 0.6 is 0 Å². The molecule has 0 aromatic heterocycles. The molecule has 0 spiro atoms. The maximum atomic E-state index is 11.9. The van der Waals surface area contributed by atoms with Gasteiger partial charge in [0, 0.05) is 0 Å². The van der Waals surface area contributed by atoms with Gasteiger partial charge in [0.15, 0.2) is 0 Å². The van der Waals surface area contributed by atoms with E-state index in [2.05, 4.69) is 39.8 Å². The summed E-state index contributed by atoms with van der Waals surface area (Å²) >= 11 is 0. The molecule has 0 aliphatic heterocycles. The van der Waals surface area contributed by atoms with E-state index in [4.69, 9.17) is 0 Å². The van der Waals surface area contributed by atoms with Gasteiger partial charge >= 0.3 is 0 Å². The van der Waals surface area contributed by atoms with Crippen LogP contribution in [0.1, 0.15) is 59.8 Å². The summed E-state index contributed by atoms with van der Waals surface area (Å²) in [6, 6.07) is 0. The Labute approximate surface area is 134 Å². The monoisotopic (exact) mass is 302 g/mol. The summed E-state index contributed by atoms with van der Waals surface area (Å²) in [5, 5.41) is 11.1. The molecule has 3 rings (SSSR count). The first kappa shape index (κ1) is 16.0. The highest BCUT2D eigenvalue weighted by molar-refractivity contribution is 5.68. The molecular formula is C20H30O2. The molecule has 3 saturated carbocycles. The van der Waals surface area contributed by atoms with Crippen molar-refractivity contribution in [1.29, 1.82) is 0 Å². The van der Waals surface area contributed by atoms with Gasteiger partial charge in [-0.2, -0.15) is 0 Å². The molecule has 0 aromatic carbocycles. The highest BCUT2D eigenvalue weighted by Gasteiger charge is 2.77. The molecule has 0 radical (unpaired) electrons. The second-order valence-corrected chi connectivity index (χ2v) is 8.26. The van der Waals surface area contributed by atoms with Gasteiger partial charge in [-0.3, -0.25) is 0 Å². The van der Waals surface area contributed by atoms with Gasteiger partial charge in [0.05, 0.1) is 11.0 Å². The standard InChI is InChI=1S/C20H30O2/c1-13(2)6-5-7-14(3)16-9-10-19(12-21)18(16)17-15(4)8-11-20(17,19)22/h6-7,12,15-18,22H,5,8-11H2,1-4H3/b14-7-/t15-,16+,17?,18?,19-,20?/m1/s1.